The highest BCUT2D eigenvalue weighted by Gasteiger charge is 2.32. The van der Waals surface area contributed by atoms with Crippen LogP contribution in [0.5, 0.6) is 0 Å². The summed E-state index contributed by atoms with van der Waals surface area (Å²) in [6.45, 7) is 14.7. The molecule has 3 unspecified atom stereocenters. The van der Waals surface area contributed by atoms with Crippen LogP contribution in [0.25, 0.3) is 0 Å². The Bertz CT molecular complexity index is 661. The second-order valence-corrected chi connectivity index (χ2v) is 23.9. The van der Waals surface area contributed by atoms with Gasteiger partial charge in [-0.3, -0.25) is 0 Å². The summed E-state index contributed by atoms with van der Waals surface area (Å²) in [4.78, 5) is 0. The minimum Gasteiger partial charge on any atom is -0.0972 e. The molecule has 3 atom stereocenters. The largest absolute Gasteiger partial charge is 0.0972 e. The van der Waals surface area contributed by atoms with Gasteiger partial charge in [0.25, 0.3) is 0 Å². The maximum Gasteiger partial charge on any atom is -0.0207 e. The number of unbranched alkanes of at least 4 members (excludes halogenated alkanes) is 42. The van der Waals surface area contributed by atoms with Crippen LogP contribution in [0.4, 0.5) is 0 Å². The summed E-state index contributed by atoms with van der Waals surface area (Å²) < 4.78 is 0. The van der Waals surface area contributed by atoms with E-state index in [1.54, 1.807) is 19.3 Å². The van der Waals surface area contributed by atoms with Gasteiger partial charge < -0.3 is 0 Å². The molecular formula is C60H123P. The second kappa shape index (κ2) is 53.0. The molecule has 0 aliphatic rings. The predicted octanol–water partition coefficient (Wildman–Crippen LogP) is 23.6. The molecule has 0 aromatic carbocycles. The van der Waals surface area contributed by atoms with Crippen LogP contribution < -0.4 is 0 Å². The van der Waals surface area contributed by atoms with E-state index in [0.717, 1.165) is 17.0 Å². The fourth-order valence-corrected chi connectivity index (χ4v) is 15.3. The Morgan fingerprint density at radius 1 is 0.180 bits per heavy atom. The highest BCUT2D eigenvalue weighted by molar-refractivity contribution is 7.59. The highest BCUT2D eigenvalue weighted by Crippen LogP contribution is 2.58. The van der Waals surface area contributed by atoms with Gasteiger partial charge in [0.05, 0.1) is 0 Å². The molecule has 0 aromatic rings. The van der Waals surface area contributed by atoms with Gasteiger partial charge in [-0.25, -0.2) is 0 Å². The molecule has 0 heterocycles. The molecule has 0 saturated heterocycles. The summed E-state index contributed by atoms with van der Waals surface area (Å²) in [6.07, 6.45) is 75.6. The van der Waals surface area contributed by atoms with Crippen LogP contribution in [0.3, 0.4) is 0 Å². The average molecular weight is 876 g/mol. The van der Waals surface area contributed by atoms with Gasteiger partial charge in [0, 0.05) is 0 Å². The lowest BCUT2D eigenvalue weighted by molar-refractivity contribution is 0.518. The molecule has 368 valence electrons. The van der Waals surface area contributed by atoms with Crippen LogP contribution in [0.2, 0.25) is 0 Å². The minimum atomic E-state index is 0.121. The third-order valence-electron chi connectivity index (χ3n) is 15.1. The van der Waals surface area contributed by atoms with E-state index in [9.17, 15) is 0 Å². The molecule has 0 fully saturated rings. The van der Waals surface area contributed by atoms with Gasteiger partial charge in [-0.1, -0.05) is 338 Å². The van der Waals surface area contributed by atoms with Crippen LogP contribution in [0.15, 0.2) is 0 Å². The van der Waals surface area contributed by atoms with Gasteiger partial charge in [0.15, 0.2) is 0 Å². The Morgan fingerprint density at radius 2 is 0.311 bits per heavy atom. The first-order chi connectivity index (χ1) is 30.2. The molecular weight excluding hydrogens is 752 g/mol. The Kier molecular flexibility index (Phi) is 53.4. The van der Waals surface area contributed by atoms with Crippen LogP contribution >= 0.6 is 7.92 Å². The summed E-state index contributed by atoms with van der Waals surface area (Å²) in [5, 5.41) is 0. The molecule has 0 spiro atoms. The monoisotopic (exact) mass is 875 g/mol. The first-order valence-corrected chi connectivity index (χ1v) is 31.5. The van der Waals surface area contributed by atoms with Gasteiger partial charge in [0.1, 0.15) is 0 Å². The fourth-order valence-electron chi connectivity index (χ4n) is 10.8. The first kappa shape index (κ1) is 61.4. The lowest BCUT2D eigenvalue weighted by Crippen LogP contribution is -2.23. The van der Waals surface area contributed by atoms with Crippen LogP contribution in [-0.4, -0.2) is 17.0 Å². The smallest absolute Gasteiger partial charge is 0.0207 e. The number of rotatable bonds is 54. The third kappa shape index (κ3) is 42.8. The zero-order valence-corrected chi connectivity index (χ0v) is 45.1. The highest BCUT2D eigenvalue weighted by atomic mass is 31.1. The molecule has 0 rings (SSSR count). The van der Waals surface area contributed by atoms with Crippen molar-refractivity contribution in [3.63, 3.8) is 0 Å². The zero-order valence-electron chi connectivity index (χ0n) is 44.2. The van der Waals surface area contributed by atoms with Crippen molar-refractivity contribution < 1.29 is 0 Å². The van der Waals surface area contributed by atoms with Crippen molar-refractivity contribution in [1.82, 2.24) is 0 Å². The maximum absolute atomic E-state index is 2.59. The molecule has 61 heavy (non-hydrogen) atoms. The molecule has 0 aliphatic carbocycles. The molecule has 0 nitrogen and oxygen atoms in total. The molecule has 0 amide bonds. The fraction of sp³-hybridized carbons (Fsp3) is 1.00. The standard InChI is InChI=1S/C60H123P/c1-7-13-16-19-22-25-28-31-34-37-40-43-46-49-52-55-58(10-4)61(59(11-5)56-53-50-47-44-41-38-35-32-29-26-23-20-17-14-8-2)60(12-6)57-54-51-48-45-42-39-36-33-30-27-24-21-18-15-9-3/h58-60H,7-57H2,1-6H3. The topological polar surface area (TPSA) is 0 Å². The Balaban J connectivity index is 4.68. The molecule has 0 aliphatic heterocycles. The zero-order chi connectivity index (χ0) is 44.4. The minimum absolute atomic E-state index is 0.121. The van der Waals surface area contributed by atoms with Crippen molar-refractivity contribution in [2.24, 2.45) is 0 Å². The lowest BCUT2D eigenvalue weighted by atomic mass is 10.0. The van der Waals surface area contributed by atoms with Gasteiger partial charge in [-0.2, -0.15) is 0 Å². The lowest BCUT2D eigenvalue weighted by Gasteiger charge is -2.40. The summed E-state index contributed by atoms with van der Waals surface area (Å²) in [6, 6.07) is 0. The summed E-state index contributed by atoms with van der Waals surface area (Å²) in [7, 11) is 0.121. The van der Waals surface area contributed by atoms with Gasteiger partial charge in [0.2, 0.25) is 0 Å². The van der Waals surface area contributed by atoms with Gasteiger partial charge in [-0.05, 0) is 55.5 Å². The predicted molar refractivity (Wildman–Crippen MR) is 288 cm³/mol. The van der Waals surface area contributed by atoms with Crippen molar-refractivity contribution in [2.75, 3.05) is 0 Å². The SMILES string of the molecule is CCCCCCCCCCCCCCCCCC(CC)P(C(CC)CCCCCCCCCCCCCCCCC)C(CC)CCCCCCCCCCCCCCCCC. The van der Waals surface area contributed by atoms with Crippen LogP contribution in [-0.2, 0) is 0 Å². The molecule has 1 heteroatoms. The Labute approximate surface area is 392 Å². The molecule has 0 radical (unpaired) electrons. The van der Waals surface area contributed by atoms with E-state index in [4.69, 9.17) is 0 Å². The molecule has 0 aromatic heterocycles. The van der Waals surface area contributed by atoms with E-state index < -0.39 is 0 Å². The van der Waals surface area contributed by atoms with E-state index in [-0.39, 0.29) is 7.92 Å². The van der Waals surface area contributed by atoms with E-state index >= 15 is 0 Å². The third-order valence-corrected chi connectivity index (χ3v) is 19.5. The summed E-state index contributed by atoms with van der Waals surface area (Å²) in [5.41, 5.74) is 3.08. The number of hydrogen-bond acceptors (Lipinski definition) is 0. The second-order valence-electron chi connectivity index (χ2n) is 20.8. The van der Waals surface area contributed by atoms with Crippen molar-refractivity contribution in [2.45, 2.75) is 386 Å². The van der Waals surface area contributed by atoms with Crippen LogP contribution in [0.1, 0.15) is 369 Å². The van der Waals surface area contributed by atoms with Crippen molar-refractivity contribution >= 4 is 7.92 Å². The average Bonchev–Trinajstić information content (AvgIpc) is 3.28. The molecule has 0 N–H and O–H groups in total. The quantitative estimate of drug-likeness (QED) is 0.0422. The van der Waals surface area contributed by atoms with E-state index in [1.807, 2.05) is 0 Å². The van der Waals surface area contributed by atoms with Crippen molar-refractivity contribution in [3.05, 3.63) is 0 Å². The Morgan fingerprint density at radius 3 is 0.443 bits per heavy atom. The van der Waals surface area contributed by atoms with Gasteiger partial charge >= 0.3 is 0 Å². The van der Waals surface area contributed by atoms with Crippen molar-refractivity contribution in [1.29, 1.82) is 0 Å². The molecule has 0 saturated carbocycles. The summed E-state index contributed by atoms with van der Waals surface area (Å²) >= 11 is 0. The van der Waals surface area contributed by atoms with Crippen molar-refractivity contribution in [3.8, 4) is 0 Å². The normalized spacial score (nSPS) is 13.9. The van der Waals surface area contributed by atoms with Crippen LogP contribution in [0, 0.1) is 0 Å². The first-order valence-electron chi connectivity index (χ1n) is 30.0. The maximum atomic E-state index is 2.59. The molecule has 0 bridgehead atoms. The number of hydrogen-bond donors (Lipinski definition) is 0. The van der Waals surface area contributed by atoms with E-state index in [1.165, 1.54) is 308 Å². The Hall–Kier alpha value is 0.430. The van der Waals surface area contributed by atoms with E-state index in [0.29, 0.717) is 0 Å². The summed E-state index contributed by atoms with van der Waals surface area (Å²) in [5.74, 6) is 0. The van der Waals surface area contributed by atoms with E-state index in [2.05, 4.69) is 41.5 Å². The van der Waals surface area contributed by atoms with Gasteiger partial charge in [-0.15, -0.1) is 0 Å².